The average molecular weight is 346 g/mol. The van der Waals surface area contributed by atoms with Crippen LogP contribution in [0.1, 0.15) is 22.1 Å². The fourth-order valence-electron chi connectivity index (χ4n) is 2.51. The van der Waals surface area contributed by atoms with Crippen LogP contribution in [0.4, 0.5) is 0 Å². The second-order valence-electron chi connectivity index (χ2n) is 4.93. The Balaban J connectivity index is 2.14. The molecule has 0 saturated carbocycles. The molecule has 1 unspecified atom stereocenters. The molecule has 0 aliphatic carbocycles. The van der Waals surface area contributed by atoms with E-state index in [2.05, 4.69) is 71.4 Å². The summed E-state index contributed by atoms with van der Waals surface area (Å²) in [5.74, 6) is 0. The van der Waals surface area contributed by atoms with Crippen LogP contribution in [0.3, 0.4) is 0 Å². The van der Waals surface area contributed by atoms with E-state index in [1.165, 1.54) is 16.3 Å². The predicted molar refractivity (Wildman–Crippen MR) is 90.5 cm³/mol. The van der Waals surface area contributed by atoms with Crippen molar-refractivity contribution < 1.29 is 0 Å². The van der Waals surface area contributed by atoms with E-state index in [1.54, 1.807) is 0 Å². The Labute approximate surface area is 132 Å². The molecule has 0 heterocycles. The minimum absolute atomic E-state index is 0.131. The van der Waals surface area contributed by atoms with Crippen LogP contribution in [0.15, 0.2) is 65.1 Å². The van der Waals surface area contributed by atoms with Crippen LogP contribution >= 0.6 is 27.5 Å². The molecule has 0 aliphatic heterocycles. The van der Waals surface area contributed by atoms with Gasteiger partial charge < -0.3 is 0 Å². The predicted octanol–water partition coefficient (Wildman–Crippen LogP) is 6.24. The molecule has 1 atom stereocenters. The number of hydrogen-bond donors (Lipinski definition) is 0. The van der Waals surface area contributed by atoms with E-state index in [-0.39, 0.29) is 5.38 Å². The molecule has 3 aromatic carbocycles. The zero-order chi connectivity index (χ0) is 14.1. The molecule has 3 rings (SSSR count). The number of fused-ring (bicyclic) bond motifs is 1. The van der Waals surface area contributed by atoms with Gasteiger partial charge in [-0.15, -0.1) is 11.6 Å². The largest absolute Gasteiger partial charge is 0.113 e. The lowest BCUT2D eigenvalue weighted by Crippen LogP contribution is -1.95. The molecule has 3 aromatic rings. The lowest BCUT2D eigenvalue weighted by Gasteiger charge is -2.15. The van der Waals surface area contributed by atoms with Gasteiger partial charge in [-0.2, -0.15) is 0 Å². The summed E-state index contributed by atoms with van der Waals surface area (Å²) in [5, 5.41) is 2.37. The van der Waals surface area contributed by atoms with Crippen LogP contribution in [0.25, 0.3) is 10.8 Å². The van der Waals surface area contributed by atoms with Gasteiger partial charge in [-0.05, 0) is 46.5 Å². The molecule has 2 heteroatoms. The van der Waals surface area contributed by atoms with Crippen molar-refractivity contribution in [2.75, 3.05) is 0 Å². The molecule has 0 nitrogen and oxygen atoms in total. The first-order valence-electron chi connectivity index (χ1n) is 6.54. The van der Waals surface area contributed by atoms with Crippen LogP contribution in [0, 0.1) is 6.92 Å². The molecule has 0 radical (unpaired) electrons. The van der Waals surface area contributed by atoms with Crippen molar-refractivity contribution >= 4 is 38.3 Å². The first-order valence-corrected chi connectivity index (χ1v) is 7.77. The normalized spacial score (nSPS) is 12.6. The Morgan fingerprint density at radius 2 is 1.50 bits per heavy atom. The molecule has 0 amide bonds. The van der Waals surface area contributed by atoms with E-state index in [0.717, 1.165) is 15.6 Å². The van der Waals surface area contributed by atoms with Gasteiger partial charge in [0.2, 0.25) is 0 Å². The summed E-state index contributed by atoms with van der Waals surface area (Å²) in [6.45, 7) is 2.13. The van der Waals surface area contributed by atoms with E-state index in [0.29, 0.717) is 0 Å². The van der Waals surface area contributed by atoms with Gasteiger partial charge >= 0.3 is 0 Å². The van der Waals surface area contributed by atoms with E-state index in [4.69, 9.17) is 11.6 Å². The highest BCUT2D eigenvalue weighted by Gasteiger charge is 2.14. The Kier molecular flexibility index (Phi) is 3.82. The Hall–Kier alpha value is -1.31. The molecule has 0 bridgehead atoms. The van der Waals surface area contributed by atoms with Gasteiger partial charge in [-0.1, -0.05) is 64.5 Å². The molecule has 0 fully saturated rings. The number of hydrogen-bond acceptors (Lipinski definition) is 0. The van der Waals surface area contributed by atoms with Crippen LogP contribution in [-0.2, 0) is 0 Å². The van der Waals surface area contributed by atoms with Crippen molar-refractivity contribution in [3.8, 4) is 0 Å². The number of aryl methyl sites for hydroxylation is 1. The SMILES string of the molecule is Cc1ccc(C(Cl)c2ccc(Br)cc2)c2ccccc12. The first kappa shape index (κ1) is 13.7. The van der Waals surface area contributed by atoms with Gasteiger partial charge in [0.1, 0.15) is 0 Å². The van der Waals surface area contributed by atoms with Crippen molar-refractivity contribution in [1.82, 2.24) is 0 Å². The monoisotopic (exact) mass is 344 g/mol. The highest BCUT2D eigenvalue weighted by Crippen LogP contribution is 2.35. The quantitative estimate of drug-likeness (QED) is 0.482. The summed E-state index contributed by atoms with van der Waals surface area (Å²) < 4.78 is 1.07. The zero-order valence-electron chi connectivity index (χ0n) is 11.1. The van der Waals surface area contributed by atoms with E-state index in [9.17, 15) is 0 Å². The van der Waals surface area contributed by atoms with Gasteiger partial charge in [-0.3, -0.25) is 0 Å². The molecule has 0 spiro atoms. The second kappa shape index (κ2) is 5.59. The summed E-state index contributed by atoms with van der Waals surface area (Å²) in [6, 6.07) is 20.9. The third kappa shape index (κ3) is 2.48. The summed E-state index contributed by atoms with van der Waals surface area (Å²) in [5.41, 5.74) is 3.56. The minimum atomic E-state index is -0.131. The molecule has 0 N–H and O–H groups in total. The fraction of sp³-hybridized carbons (Fsp3) is 0.111. The highest BCUT2D eigenvalue weighted by atomic mass is 79.9. The number of halogens is 2. The van der Waals surface area contributed by atoms with Gasteiger partial charge in [-0.25, -0.2) is 0 Å². The minimum Gasteiger partial charge on any atom is -0.113 e. The van der Waals surface area contributed by atoms with Crippen molar-refractivity contribution in [1.29, 1.82) is 0 Å². The van der Waals surface area contributed by atoms with Crippen LogP contribution < -0.4 is 0 Å². The van der Waals surface area contributed by atoms with Crippen LogP contribution in [-0.4, -0.2) is 0 Å². The van der Waals surface area contributed by atoms with E-state index >= 15 is 0 Å². The van der Waals surface area contributed by atoms with Crippen molar-refractivity contribution in [3.63, 3.8) is 0 Å². The van der Waals surface area contributed by atoms with Crippen molar-refractivity contribution in [3.05, 3.63) is 81.8 Å². The molecule has 0 aromatic heterocycles. The molecular weight excluding hydrogens is 332 g/mol. The first-order chi connectivity index (χ1) is 9.66. The Morgan fingerprint density at radius 3 is 2.20 bits per heavy atom. The van der Waals surface area contributed by atoms with Gasteiger partial charge in [0.05, 0.1) is 5.38 Å². The summed E-state index contributed by atoms with van der Waals surface area (Å²) in [7, 11) is 0. The molecule has 0 saturated heterocycles. The fourth-order valence-corrected chi connectivity index (χ4v) is 3.11. The van der Waals surface area contributed by atoms with Crippen LogP contribution in [0.5, 0.6) is 0 Å². The zero-order valence-corrected chi connectivity index (χ0v) is 13.4. The number of rotatable bonds is 2. The molecule has 20 heavy (non-hydrogen) atoms. The summed E-state index contributed by atoms with van der Waals surface area (Å²) in [4.78, 5) is 0. The lowest BCUT2D eigenvalue weighted by atomic mass is 9.95. The van der Waals surface area contributed by atoms with Crippen molar-refractivity contribution in [2.24, 2.45) is 0 Å². The maximum Gasteiger partial charge on any atom is 0.0841 e. The van der Waals surface area contributed by atoms with Gasteiger partial charge in [0.25, 0.3) is 0 Å². The number of benzene rings is 3. The summed E-state index contributed by atoms with van der Waals surface area (Å²) in [6.07, 6.45) is 0. The summed E-state index contributed by atoms with van der Waals surface area (Å²) >= 11 is 10.2. The Bertz CT molecular complexity index is 747. The standard InChI is InChI=1S/C18H14BrCl/c1-12-6-11-17(16-5-3-2-4-15(12)16)18(20)13-7-9-14(19)10-8-13/h2-11,18H,1H3. The second-order valence-corrected chi connectivity index (χ2v) is 6.28. The molecule has 0 aliphatic rings. The number of alkyl halides is 1. The van der Waals surface area contributed by atoms with E-state index < -0.39 is 0 Å². The molecular formula is C18H14BrCl. The lowest BCUT2D eigenvalue weighted by molar-refractivity contribution is 1.15. The smallest absolute Gasteiger partial charge is 0.0841 e. The third-order valence-electron chi connectivity index (χ3n) is 3.61. The highest BCUT2D eigenvalue weighted by molar-refractivity contribution is 9.10. The molecule has 100 valence electrons. The van der Waals surface area contributed by atoms with E-state index in [1.807, 2.05) is 12.1 Å². The maximum absolute atomic E-state index is 6.70. The van der Waals surface area contributed by atoms with Crippen molar-refractivity contribution in [2.45, 2.75) is 12.3 Å². The maximum atomic E-state index is 6.70. The average Bonchev–Trinajstić information content (AvgIpc) is 2.48. The Morgan fingerprint density at radius 1 is 0.850 bits per heavy atom. The van der Waals surface area contributed by atoms with Gasteiger partial charge in [0.15, 0.2) is 0 Å². The third-order valence-corrected chi connectivity index (χ3v) is 4.63. The van der Waals surface area contributed by atoms with Crippen LogP contribution in [0.2, 0.25) is 0 Å². The van der Waals surface area contributed by atoms with Gasteiger partial charge in [0, 0.05) is 4.47 Å². The topological polar surface area (TPSA) is 0 Å².